The minimum absolute atomic E-state index is 0.0101. The predicted octanol–water partition coefficient (Wildman–Crippen LogP) is 10.8. The van der Waals surface area contributed by atoms with Crippen LogP contribution in [-0.4, -0.2) is 35.4 Å². The highest BCUT2D eigenvalue weighted by molar-refractivity contribution is 7.62. The van der Waals surface area contributed by atoms with Gasteiger partial charge in [0, 0.05) is 42.8 Å². The molecule has 1 fully saturated rings. The summed E-state index contributed by atoms with van der Waals surface area (Å²) in [7, 11) is -2.34. The number of hydrogen-bond acceptors (Lipinski definition) is 3. The lowest BCUT2D eigenvalue weighted by atomic mass is 9.87. The third-order valence-corrected chi connectivity index (χ3v) is 15.7. The molecule has 0 spiro atoms. The van der Waals surface area contributed by atoms with E-state index < -0.39 is 15.1 Å². The maximum atomic E-state index is 15.7. The van der Waals surface area contributed by atoms with Gasteiger partial charge < -0.3 is 4.57 Å². The first kappa shape index (κ1) is 33.6. The number of likely N-dealkylation sites (N-methyl/N-ethyl adjacent to an activating group) is 1. The summed E-state index contributed by atoms with van der Waals surface area (Å²) in [5, 5.41) is 1.03. The lowest BCUT2D eigenvalue weighted by molar-refractivity contribution is 0.188. The lowest BCUT2D eigenvalue weighted by Crippen LogP contribution is -2.37. The molecule has 0 bridgehead atoms. The number of nitrogens with zero attached hydrogens (tertiary/aromatic N) is 2. The fourth-order valence-electron chi connectivity index (χ4n) is 8.09. The molecule has 0 saturated carbocycles. The largest absolute Gasteiger partial charge is 0.377 e. The first-order chi connectivity index (χ1) is 24.0. The Bertz CT molecular complexity index is 1890. The summed E-state index contributed by atoms with van der Waals surface area (Å²) >= 11 is 0. The molecule has 0 N–H and O–H groups in total. The second-order valence-corrected chi connectivity index (χ2v) is 18.0. The summed E-state index contributed by atoms with van der Waals surface area (Å²) in [6.45, 7) is 1.37. The minimum Gasteiger partial charge on any atom is -0.306 e. The molecular weight excluding hydrogens is 638 g/mol. The molecule has 248 valence electrons. The summed E-state index contributed by atoms with van der Waals surface area (Å²) in [5.41, 5.74) is 4.58. The van der Waals surface area contributed by atoms with Crippen LogP contribution in [0.2, 0.25) is 0 Å². The van der Waals surface area contributed by atoms with Crippen LogP contribution in [0.4, 0.5) is 0 Å². The molecular formula is C43H45N2O2P2+. The number of rotatable bonds is 12. The first-order valence-corrected chi connectivity index (χ1v) is 20.8. The summed E-state index contributed by atoms with van der Waals surface area (Å²) in [6.07, 6.45) is 17.3. The molecule has 1 heterocycles. The zero-order valence-corrected chi connectivity index (χ0v) is 29.9. The van der Waals surface area contributed by atoms with E-state index in [0.717, 1.165) is 22.9 Å². The first-order valence-electron chi connectivity index (χ1n) is 17.4. The maximum Gasteiger partial charge on any atom is 0.377 e. The quantitative estimate of drug-likeness (QED) is 0.110. The van der Waals surface area contributed by atoms with Crippen molar-refractivity contribution in [1.29, 1.82) is 0 Å². The topological polar surface area (TPSA) is 40.6 Å². The van der Waals surface area contributed by atoms with Crippen molar-refractivity contribution in [1.82, 2.24) is 9.57 Å². The molecule has 6 heteroatoms. The van der Waals surface area contributed by atoms with E-state index in [0.29, 0.717) is 25.4 Å². The Balaban J connectivity index is 1.22. The van der Waals surface area contributed by atoms with Gasteiger partial charge in [0.25, 0.3) is 0 Å². The van der Waals surface area contributed by atoms with Crippen molar-refractivity contribution >= 4 is 15.1 Å². The van der Waals surface area contributed by atoms with Crippen molar-refractivity contribution in [3.8, 4) is 0 Å². The van der Waals surface area contributed by atoms with E-state index in [2.05, 4.69) is 144 Å². The van der Waals surface area contributed by atoms with Gasteiger partial charge in [-0.1, -0.05) is 162 Å². The van der Waals surface area contributed by atoms with E-state index in [1.807, 2.05) is 36.4 Å². The Labute approximate surface area is 292 Å². The Morgan fingerprint density at radius 1 is 0.796 bits per heavy atom. The molecule has 7 atom stereocenters. The zero-order valence-electron chi connectivity index (χ0n) is 28.1. The average molecular weight is 684 g/mol. The van der Waals surface area contributed by atoms with Crippen LogP contribution in [0.25, 0.3) is 0 Å². The van der Waals surface area contributed by atoms with Crippen molar-refractivity contribution in [3.63, 3.8) is 0 Å². The van der Waals surface area contributed by atoms with Crippen LogP contribution < -0.4 is 0 Å². The van der Waals surface area contributed by atoms with Crippen molar-refractivity contribution in [2.45, 2.75) is 36.5 Å². The van der Waals surface area contributed by atoms with Crippen LogP contribution in [0, 0.1) is 11.8 Å². The second-order valence-electron chi connectivity index (χ2n) is 13.4. The fourth-order valence-corrected chi connectivity index (χ4v) is 13.5. The number of hydrogen-bond donors (Lipinski definition) is 0. The zero-order chi connectivity index (χ0) is 33.6. The van der Waals surface area contributed by atoms with Crippen LogP contribution in [0.15, 0.2) is 169 Å². The Kier molecular flexibility index (Phi) is 10.5. The summed E-state index contributed by atoms with van der Waals surface area (Å²) < 4.78 is 32.2. The second kappa shape index (κ2) is 15.3. The molecule has 4 aromatic rings. The van der Waals surface area contributed by atoms with Gasteiger partial charge in [-0.05, 0) is 36.2 Å². The molecule has 3 aliphatic rings. The lowest BCUT2D eigenvalue weighted by Gasteiger charge is -2.37. The van der Waals surface area contributed by atoms with Crippen LogP contribution in [0.5, 0.6) is 0 Å². The molecule has 1 aliphatic heterocycles. The molecule has 0 amide bonds. The molecule has 0 aromatic heterocycles. The monoisotopic (exact) mass is 683 g/mol. The van der Waals surface area contributed by atoms with E-state index in [9.17, 15) is 4.57 Å². The van der Waals surface area contributed by atoms with Gasteiger partial charge in [-0.3, -0.25) is 4.90 Å². The van der Waals surface area contributed by atoms with Gasteiger partial charge in [-0.2, -0.15) is 0 Å². The highest BCUT2D eigenvalue weighted by Crippen LogP contribution is 2.71. The van der Waals surface area contributed by atoms with Crippen LogP contribution in [0.1, 0.15) is 40.8 Å². The molecule has 4 nitrogen and oxygen atoms in total. The van der Waals surface area contributed by atoms with Crippen LogP contribution in [0.3, 0.4) is 0 Å². The summed E-state index contributed by atoms with van der Waals surface area (Å²) in [5.74, 6) is 0.108. The number of allylic oxidation sites excluding steroid dienone is 5. The van der Waals surface area contributed by atoms with Gasteiger partial charge in [-0.15, -0.1) is 0 Å². The smallest absolute Gasteiger partial charge is 0.306 e. The van der Waals surface area contributed by atoms with E-state index >= 15 is 4.57 Å². The number of fused-ring (bicyclic) bond motifs is 1. The highest BCUT2D eigenvalue weighted by Gasteiger charge is 2.55. The van der Waals surface area contributed by atoms with E-state index in [1.165, 1.54) is 11.1 Å². The fraction of sp³-hybridized carbons (Fsp3) is 0.256. The predicted molar refractivity (Wildman–Crippen MR) is 204 cm³/mol. The highest BCUT2D eigenvalue weighted by atomic mass is 31.2. The summed E-state index contributed by atoms with van der Waals surface area (Å²) in [4.78, 5) is 2.41. The van der Waals surface area contributed by atoms with Crippen molar-refractivity contribution in [2.24, 2.45) is 11.8 Å². The minimum atomic E-state index is -2.92. The molecule has 0 radical (unpaired) electrons. The van der Waals surface area contributed by atoms with Gasteiger partial charge in [0.2, 0.25) is 0 Å². The Morgan fingerprint density at radius 2 is 1.41 bits per heavy atom. The molecule has 4 aromatic carbocycles. The van der Waals surface area contributed by atoms with Gasteiger partial charge in [0.05, 0.1) is 11.6 Å². The van der Waals surface area contributed by atoms with E-state index in [4.69, 9.17) is 0 Å². The third-order valence-electron chi connectivity index (χ3n) is 10.4. The molecule has 1 unspecified atom stereocenters. The van der Waals surface area contributed by atoms with Crippen molar-refractivity contribution in [2.75, 3.05) is 20.1 Å². The van der Waals surface area contributed by atoms with E-state index in [-0.39, 0.29) is 29.6 Å². The third kappa shape index (κ3) is 7.21. The average Bonchev–Trinajstić information content (AvgIpc) is 3.39. The van der Waals surface area contributed by atoms with Crippen LogP contribution in [-0.2, 0) is 21.5 Å². The van der Waals surface area contributed by atoms with Gasteiger partial charge in [0.15, 0.2) is 18.8 Å². The van der Waals surface area contributed by atoms with E-state index in [1.54, 1.807) is 0 Å². The normalized spacial score (nSPS) is 25.6. The van der Waals surface area contributed by atoms with Gasteiger partial charge in [-0.25, -0.2) is 4.67 Å². The van der Waals surface area contributed by atoms with Crippen LogP contribution >= 0.6 is 15.1 Å². The maximum absolute atomic E-state index is 15.7. The van der Waals surface area contributed by atoms with Gasteiger partial charge >= 0.3 is 7.80 Å². The standard InChI is InChI=1S/C43H45N2O2P2/c1-44(42(36-22-10-4-11-23-36)38-26-14-16-28-40(38)48(46)32-34-18-6-2-7-19-34)30-31-45-43(37-24-12-5-13-25-37)39-27-15-17-29-41(39)49(45,47)33-35-20-8-3-9-21-35/h2-15,17-29,38-39,41-43H,16,30-33H2,1H3/q+1/t38-,39-,41+,42+,43+,49+/m0/s1. The SMILES string of the molecule is CN(CCN1[C@H](c2ccccc2)[C@H]2C=CC=C[C@H]2[P@]1(=O)Cc1ccccc1)[C@H](c1ccccc1)[C@H]1C=CCC=C1[P+](=O)Cc1ccccc1. The molecule has 49 heavy (non-hydrogen) atoms. The summed E-state index contributed by atoms with van der Waals surface area (Å²) in [6, 6.07) is 41.8. The Hall–Kier alpha value is -3.91. The molecule has 2 aliphatic carbocycles. The Morgan fingerprint density at radius 3 is 2.10 bits per heavy atom. The van der Waals surface area contributed by atoms with Crippen molar-refractivity contribution < 1.29 is 9.13 Å². The van der Waals surface area contributed by atoms with Gasteiger partial charge in [0.1, 0.15) is 0 Å². The molecule has 7 rings (SSSR count). The van der Waals surface area contributed by atoms with Crippen molar-refractivity contribution in [3.05, 3.63) is 191 Å². The number of benzene rings is 4. The molecule has 1 saturated heterocycles.